The molecular weight excluding hydrogens is 380 g/mol. The van der Waals surface area contributed by atoms with Crippen LogP contribution in [0.15, 0.2) is 77.8 Å². The Hall–Kier alpha value is -3.50. The van der Waals surface area contributed by atoms with Gasteiger partial charge in [0.1, 0.15) is 11.0 Å². The molecule has 1 N–H and O–H groups in total. The van der Waals surface area contributed by atoms with E-state index in [1.165, 1.54) is 0 Å². The van der Waals surface area contributed by atoms with Crippen LogP contribution in [0.4, 0.5) is 5.69 Å². The van der Waals surface area contributed by atoms with E-state index < -0.39 is 0 Å². The number of hydrogen-bond acceptors (Lipinski definition) is 3. The quantitative estimate of drug-likeness (QED) is 0.280. The van der Waals surface area contributed by atoms with Gasteiger partial charge in [0.05, 0.1) is 22.2 Å². The van der Waals surface area contributed by atoms with E-state index in [-0.39, 0.29) is 0 Å². The maximum Gasteiger partial charge on any atom is 0.140 e. The van der Waals surface area contributed by atoms with Crippen molar-refractivity contribution in [3.05, 3.63) is 89.1 Å². The Morgan fingerprint density at radius 3 is 2.62 bits per heavy atom. The lowest BCUT2D eigenvalue weighted by Gasteiger charge is -2.04. The van der Waals surface area contributed by atoms with Crippen LogP contribution in [-0.4, -0.2) is 21.2 Å². The van der Waals surface area contributed by atoms with E-state index in [0.717, 1.165) is 50.1 Å². The van der Waals surface area contributed by atoms with Crippen molar-refractivity contribution < 1.29 is 0 Å². The average molecular weight is 397 g/mol. The predicted molar refractivity (Wildman–Crippen MR) is 120 cm³/mol. The summed E-state index contributed by atoms with van der Waals surface area (Å²) in [5.41, 5.74) is 6.49. The molecule has 0 radical (unpaired) electrons. The van der Waals surface area contributed by atoms with Crippen LogP contribution in [-0.2, 0) is 0 Å². The molecule has 3 aromatic carbocycles. The van der Waals surface area contributed by atoms with E-state index >= 15 is 0 Å². The van der Waals surface area contributed by atoms with E-state index in [0.29, 0.717) is 5.15 Å². The zero-order valence-electron chi connectivity index (χ0n) is 15.7. The van der Waals surface area contributed by atoms with Gasteiger partial charge in [-0.1, -0.05) is 48.0 Å². The summed E-state index contributed by atoms with van der Waals surface area (Å²) in [6.45, 7) is 2.04. The number of aryl methyl sites for hydroxylation is 1. The van der Waals surface area contributed by atoms with Crippen molar-refractivity contribution in [1.82, 2.24) is 15.0 Å². The van der Waals surface area contributed by atoms with Gasteiger partial charge < -0.3 is 4.98 Å². The number of aromatic nitrogens is 3. The molecule has 2 aromatic heterocycles. The molecule has 0 saturated heterocycles. The Labute approximate surface area is 172 Å². The highest BCUT2D eigenvalue weighted by Gasteiger charge is 2.09. The van der Waals surface area contributed by atoms with Crippen LogP contribution in [0.1, 0.15) is 11.1 Å². The molecule has 0 fully saturated rings. The van der Waals surface area contributed by atoms with Gasteiger partial charge in [-0.25, -0.2) is 9.97 Å². The summed E-state index contributed by atoms with van der Waals surface area (Å²) in [4.78, 5) is 17.3. The van der Waals surface area contributed by atoms with Gasteiger partial charge >= 0.3 is 0 Å². The number of nitrogens with zero attached hydrogens (tertiary/aromatic N) is 3. The molecule has 5 aromatic rings. The molecule has 140 valence electrons. The Morgan fingerprint density at radius 1 is 0.897 bits per heavy atom. The molecular formula is C24H17ClN4. The number of hydrogen-bond donors (Lipinski definition) is 1. The number of halogens is 1. The van der Waals surface area contributed by atoms with E-state index in [4.69, 9.17) is 21.6 Å². The second-order valence-electron chi connectivity index (χ2n) is 6.94. The standard InChI is InChI=1S/C24H17ClN4/c1-15-10-11-16-13-17(23(25)27-22(16)12-15)14-26-19-7-3-2-6-18(19)24-28-20-8-4-5-9-21(20)29-24/h2-14H,1H3,(H,28,29). The molecule has 0 aliphatic carbocycles. The SMILES string of the molecule is Cc1ccc2cc(C=Nc3ccccc3-c3nc4ccccc4[nH]3)c(Cl)nc2c1. The normalized spacial score (nSPS) is 11.7. The van der Waals surface area contributed by atoms with Crippen molar-refractivity contribution in [2.75, 3.05) is 0 Å². The number of aromatic amines is 1. The highest BCUT2D eigenvalue weighted by atomic mass is 35.5. The zero-order chi connectivity index (χ0) is 19.8. The van der Waals surface area contributed by atoms with Gasteiger partial charge in [-0.15, -0.1) is 0 Å². The maximum atomic E-state index is 6.41. The number of imidazole rings is 1. The highest BCUT2D eigenvalue weighted by Crippen LogP contribution is 2.30. The number of benzene rings is 3. The predicted octanol–water partition coefficient (Wildman–Crippen LogP) is 6.49. The molecule has 0 spiro atoms. The monoisotopic (exact) mass is 396 g/mol. The first-order valence-electron chi connectivity index (χ1n) is 9.32. The molecule has 0 atom stereocenters. The summed E-state index contributed by atoms with van der Waals surface area (Å²) >= 11 is 6.41. The third-order valence-corrected chi connectivity index (χ3v) is 5.15. The molecule has 0 unspecified atom stereocenters. The van der Waals surface area contributed by atoms with Crippen LogP contribution in [0.5, 0.6) is 0 Å². The van der Waals surface area contributed by atoms with Crippen LogP contribution >= 0.6 is 11.6 Å². The molecule has 0 aliphatic rings. The van der Waals surface area contributed by atoms with E-state index in [9.17, 15) is 0 Å². The first kappa shape index (κ1) is 17.6. The Balaban J connectivity index is 1.56. The topological polar surface area (TPSA) is 53.9 Å². The summed E-state index contributed by atoms with van der Waals surface area (Å²) in [5.74, 6) is 0.789. The first-order chi connectivity index (χ1) is 14.2. The van der Waals surface area contributed by atoms with Gasteiger partial charge in [0.25, 0.3) is 0 Å². The number of H-pyrrole nitrogens is 1. The van der Waals surface area contributed by atoms with Gasteiger partial charge in [0.2, 0.25) is 0 Å². The van der Waals surface area contributed by atoms with Gasteiger partial charge in [0.15, 0.2) is 0 Å². The van der Waals surface area contributed by atoms with Crippen LogP contribution < -0.4 is 0 Å². The Bertz CT molecular complexity index is 1350. The van der Waals surface area contributed by atoms with Crippen LogP contribution in [0.2, 0.25) is 5.15 Å². The molecule has 0 saturated carbocycles. The largest absolute Gasteiger partial charge is 0.338 e. The van der Waals surface area contributed by atoms with Gasteiger partial charge in [-0.3, -0.25) is 4.99 Å². The second-order valence-corrected chi connectivity index (χ2v) is 7.30. The number of aliphatic imine (C=N–C) groups is 1. The number of rotatable bonds is 3. The van der Waals surface area contributed by atoms with E-state index in [1.54, 1.807) is 6.21 Å². The van der Waals surface area contributed by atoms with Gasteiger partial charge in [-0.05, 0) is 48.9 Å². The Morgan fingerprint density at radius 2 is 1.72 bits per heavy atom. The fourth-order valence-electron chi connectivity index (χ4n) is 3.37. The summed E-state index contributed by atoms with van der Waals surface area (Å²) in [7, 11) is 0. The summed E-state index contributed by atoms with van der Waals surface area (Å²) in [6.07, 6.45) is 1.76. The van der Waals surface area contributed by atoms with Crippen molar-refractivity contribution >= 4 is 45.4 Å². The van der Waals surface area contributed by atoms with Gasteiger partial charge in [-0.2, -0.15) is 0 Å². The molecule has 0 bridgehead atoms. The number of pyridine rings is 1. The van der Waals surface area contributed by atoms with Crippen LogP contribution in [0.25, 0.3) is 33.3 Å². The van der Waals surface area contributed by atoms with E-state index in [1.807, 2.05) is 73.7 Å². The fourth-order valence-corrected chi connectivity index (χ4v) is 3.56. The third kappa shape index (κ3) is 3.39. The minimum atomic E-state index is 0.438. The molecule has 5 heteroatoms. The fraction of sp³-hybridized carbons (Fsp3) is 0.0417. The number of fused-ring (bicyclic) bond motifs is 2. The van der Waals surface area contributed by atoms with Crippen molar-refractivity contribution in [3.8, 4) is 11.4 Å². The summed E-state index contributed by atoms with van der Waals surface area (Å²) in [5, 5.41) is 1.47. The number of para-hydroxylation sites is 3. The third-order valence-electron chi connectivity index (χ3n) is 4.85. The number of nitrogens with one attached hydrogen (secondary N) is 1. The van der Waals surface area contributed by atoms with E-state index in [2.05, 4.69) is 16.0 Å². The zero-order valence-corrected chi connectivity index (χ0v) is 16.5. The molecule has 0 amide bonds. The maximum absolute atomic E-state index is 6.41. The first-order valence-corrected chi connectivity index (χ1v) is 9.70. The smallest absolute Gasteiger partial charge is 0.140 e. The molecule has 2 heterocycles. The molecule has 5 rings (SSSR count). The minimum Gasteiger partial charge on any atom is -0.338 e. The molecule has 0 aliphatic heterocycles. The minimum absolute atomic E-state index is 0.438. The Kier molecular flexibility index (Phi) is 4.34. The van der Waals surface area contributed by atoms with Crippen molar-refractivity contribution in [3.63, 3.8) is 0 Å². The highest BCUT2D eigenvalue weighted by molar-refractivity contribution is 6.32. The van der Waals surface area contributed by atoms with Crippen molar-refractivity contribution in [2.45, 2.75) is 6.92 Å². The lowest BCUT2D eigenvalue weighted by Crippen LogP contribution is -1.90. The van der Waals surface area contributed by atoms with Crippen molar-refractivity contribution in [2.24, 2.45) is 4.99 Å². The second kappa shape index (κ2) is 7.15. The molecule has 29 heavy (non-hydrogen) atoms. The molecule has 4 nitrogen and oxygen atoms in total. The lowest BCUT2D eigenvalue weighted by atomic mass is 10.1. The van der Waals surface area contributed by atoms with Crippen LogP contribution in [0, 0.1) is 6.92 Å². The average Bonchev–Trinajstić information content (AvgIpc) is 3.16. The summed E-state index contributed by atoms with van der Waals surface area (Å²) < 4.78 is 0. The van der Waals surface area contributed by atoms with Crippen LogP contribution in [0.3, 0.4) is 0 Å². The van der Waals surface area contributed by atoms with Crippen molar-refractivity contribution in [1.29, 1.82) is 0 Å². The summed E-state index contributed by atoms with van der Waals surface area (Å²) in [6, 6.07) is 24.0. The lowest BCUT2D eigenvalue weighted by molar-refractivity contribution is 1.33. The van der Waals surface area contributed by atoms with Gasteiger partial charge in [0, 0.05) is 22.7 Å².